The summed E-state index contributed by atoms with van der Waals surface area (Å²) < 4.78 is 14.4. The van der Waals surface area contributed by atoms with E-state index in [0.29, 0.717) is 27.9 Å². The Balaban J connectivity index is 1.57. The predicted octanol–water partition coefficient (Wildman–Crippen LogP) is 2.50. The van der Waals surface area contributed by atoms with Gasteiger partial charge in [0.05, 0.1) is 0 Å². The Morgan fingerprint density at radius 2 is 2.08 bits per heavy atom. The summed E-state index contributed by atoms with van der Waals surface area (Å²) in [6, 6.07) is 9.08. The third kappa shape index (κ3) is 3.11. The number of fused-ring (bicyclic) bond motifs is 1. The average molecular weight is 368 g/mol. The minimum atomic E-state index is -0.318. The summed E-state index contributed by atoms with van der Waals surface area (Å²) in [6.07, 6.45) is 1.67. The number of anilines is 1. The number of rotatable bonds is 4. The number of amides is 1. The van der Waals surface area contributed by atoms with E-state index in [1.165, 1.54) is 34.1 Å². The minimum Gasteiger partial charge on any atom is -0.384 e. The highest BCUT2D eigenvalue weighted by Crippen LogP contribution is 2.21. The van der Waals surface area contributed by atoms with Gasteiger partial charge in [-0.15, -0.1) is 16.4 Å². The second-order valence-corrected chi connectivity index (χ2v) is 6.42. The number of carbonyl (C=O) groups is 1. The van der Waals surface area contributed by atoms with E-state index in [-0.39, 0.29) is 18.3 Å². The Kier molecular flexibility index (Phi) is 4.05. The van der Waals surface area contributed by atoms with Crippen molar-refractivity contribution in [2.75, 3.05) is 5.73 Å². The van der Waals surface area contributed by atoms with Crippen molar-refractivity contribution in [1.82, 2.24) is 24.9 Å². The number of nitrogens with one attached hydrogen (secondary N) is 1. The largest absolute Gasteiger partial charge is 0.384 e. The molecule has 9 heteroatoms. The first kappa shape index (κ1) is 16.2. The lowest BCUT2D eigenvalue weighted by atomic mass is 10.2. The number of thiazole rings is 1. The summed E-state index contributed by atoms with van der Waals surface area (Å²) in [4.78, 5) is 21.0. The molecule has 3 aromatic heterocycles. The fourth-order valence-corrected chi connectivity index (χ4v) is 3.02. The van der Waals surface area contributed by atoms with Crippen LogP contribution in [0.3, 0.4) is 0 Å². The zero-order valence-corrected chi connectivity index (χ0v) is 14.2. The maximum Gasteiger partial charge on any atom is 0.251 e. The molecule has 0 unspecified atom stereocenters. The van der Waals surface area contributed by atoms with Gasteiger partial charge in [0.1, 0.15) is 11.6 Å². The molecular weight excluding hydrogens is 355 g/mol. The first-order chi connectivity index (χ1) is 12.6. The van der Waals surface area contributed by atoms with E-state index in [0.717, 1.165) is 5.56 Å². The summed E-state index contributed by atoms with van der Waals surface area (Å²) in [5.74, 6) is 0.128. The van der Waals surface area contributed by atoms with Gasteiger partial charge in [-0.3, -0.25) is 4.79 Å². The number of hydrogen-bond donors (Lipinski definition) is 2. The van der Waals surface area contributed by atoms with Crippen molar-refractivity contribution in [3.63, 3.8) is 0 Å². The van der Waals surface area contributed by atoms with Crippen molar-refractivity contribution < 1.29 is 9.18 Å². The lowest BCUT2D eigenvalue weighted by Crippen LogP contribution is -2.23. The van der Waals surface area contributed by atoms with Gasteiger partial charge in [0.25, 0.3) is 5.91 Å². The van der Waals surface area contributed by atoms with Crippen LogP contribution < -0.4 is 11.1 Å². The van der Waals surface area contributed by atoms with Gasteiger partial charge in [-0.2, -0.15) is 4.52 Å². The normalized spacial score (nSPS) is 11.0. The van der Waals surface area contributed by atoms with Crippen LogP contribution in [0.2, 0.25) is 0 Å². The van der Waals surface area contributed by atoms with Gasteiger partial charge in [0.15, 0.2) is 10.7 Å². The highest BCUT2D eigenvalue weighted by molar-refractivity contribution is 7.13. The molecule has 7 nitrogen and oxygen atoms in total. The van der Waals surface area contributed by atoms with Crippen molar-refractivity contribution in [3.8, 4) is 10.8 Å². The number of nitrogens with zero attached hydrogens (tertiary/aromatic N) is 4. The standard InChI is InChI=1S/C17H13FN6OS/c18-12-3-1-10(2-4-12)9-21-16(25)11-7-13(19)24-14(8-11)22-15(23-24)17-20-5-6-26-17/h1-8H,9,19H2,(H,21,25). The quantitative estimate of drug-likeness (QED) is 0.577. The SMILES string of the molecule is Nc1cc(C(=O)NCc2ccc(F)cc2)cc2nc(-c3nccs3)nn12. The molecular formula is C17H13FN6OS. The van der Waals surface area contributed by atoms with Gasteiger partial charge in [-0.05, 0) is 29.8 Å². The monoisotopic (exact) mass is 368 g/mol. The van der Waals surface area contributed by atoms with E-state index < -0.39 is 0 Å². The Morgan fingerprint density at radius 3 is 2.81 bits per heavy atom. The number of pyridine rings is 1. The lowest BCUT2D eigenvalue weighted by Gasteiger charge is -2.07. The number of aromatic nitrogens is 4. The molecule has 0 radical (unpaired) electrons. The lowest BCUT2D eigenvalue weighted by molar-refractivity contribution is 0.0951. The summed E-state index contributed by atoms with van der Waals surface area (Å²) in [5.41, 5.74) is 7.63. The van der Waals surface area contributed by atoms with Gasteiger partial charge >= 0.3 is 0 Å². The molecule has 0 fully saturated rings. The Labute approximate surface area is 151 Å². The Bertz CT molecular complexity index is 1070. The molecule has 130 valence electrons. The average Bonchev–Trinajstić information content (AvgIpc) is 3.30. The van der Waals surface area contributed by atoms with Crippen LogP contribution in [0, 0.1) is 5.82 Å². The van der Waals surface area contributed by atoms with Crippen molar-refractivity contribution in [1.29, 1.82) is 0 Å². The van der Waals surface area contributed by atoms with E-state index in [2.05, 4.69) is 20.4 Å². The smallest absolute Gasteiger partial charge is 0.251 e. The third-order valence-corrected chi connectivity index (χ3v) is 4.49. The summed E-state index contributed by atoms with van der Waals surface area (Å²) in [6.45, 7) is 0.279. The number of nitrogens with two attached hydrogens (primary N) is 1. The fourth-order valence-electron chi connectivity index (χ4n) is 2.45. The van der Waals surface area contributed by atoms with Crippen LogP contribution in [0.25, 0.3) is 16.5 Å². The molecule has 0 bridgehead atoms. The zero-order chi connectivity index (χ0) is 18.1. The van der Waals surface area contributed by atoms with Gasteiger partial charge in [0.2, 0.25) is 5.82 Å². The van der Waals surface area contributed by atoms with E-state index >= 15 is 0 Å². The van der Waals surface area contributed by atoms with E-state index in [9.17, 15) is 9.18 Å². The molecule has 0 saturated carbocycles. The van der Waals surface area contributed by atoms with Crippen LogP contribution in [0.5, 0.6) is 0 Å². The molecule has 1 aromatic carbocycles. The topological polar surface area (TPSA) is 98.2 Å². The van der Waals surface area contributed by atoms with Gasteiger partial charge in [-0.1, -0.05) is 12.1 Å². The van der Waals surface area contributed by atoms with Crippen molar-refractivity contribution >= 4 is 28.7 Å². The fraction of sp³-hybridized carbons (Fsp3) is 0.0588. The first-order valence-corrected chi connectivity index (χ1v) is 8.57. The third-order valence-electron chi connectivity index (χ3n) is 3.72. The maximum absolute atomic E-state index is 12.9. The molecule has 4 rings (SSSR count). The van der Waals surface area contributed by atoms with E-state index in [1.807, 2.05) is 5.38 Å². The second kappa shape index (κ2) is 6.52. The Morgan fingerprint density at radius 1 is 1.27 bits per heavy atom. The van der Waals surface area contributed by atoms with Gasteiger partial charge in [-0.25, -0.2) is 14.4 Å². The summed E-state index contributed by atoms with van der Waals surface area (Å²) in [7, 11) is 0. The molecule has 0 aliphatic rings. The number of benzene rings is 1. The predicted molar refractivity (Wildman–Crippen MR) is 96.1 cm³/mol. The molecule has 1 amide bonds. The zero-order valence-electron chi connectivity index (χ0n) is 13.4. The molecule has 26 heavy (non-hydrogen) atoms. The molecule has 0 aliphatic carbocycles. The molecule has 0 atom stereocenters. The summed E-state index contributed by atoms with van der Waals surface area (Å²) in [5, 5.41) is 9.60. The van der Waals surface area contributed by atoms with Gasteiger partial charge < -0.3 is 11.1 Å². The summed E-state index contributed by atoms with van der Waals surface area (Å²) >= 11 is 1.42. The second-order valence-electron chi connectivity index (χ2n) is 5.52. The number of nitrogen functional groups attached to an aromatic ring is 1. The van der Waals surface area contributed by atoms with Crippen LogP contribution in [0.4, 0.5) is 10.2 Å². The molecule has 0 aliphatic heterocycles. The molecule has 0 saturated heterocycles. The maximum atomic E-state index is 12.9. The minimum absolute atomic E-state index is 0.279. The number of hydrogen-bond acceptors (Lipinski definition) is 6. The van der Waals surface area contributed by atoms with E-state index in [4.69, 9.17) is 5.73 Å². The highest BCUT2D eigenvalue weighted by atomic mass is 32.1. The molecule has 4 aromatic rings. The van der Waals surface area contributed by atoms with Crippen LogP contribution in [0.1, 0.15) is 15.9 Å². The number of halogens is 1. The van der Waals surface area contributed by atoms with Crippen LogP contribution in [-0.2, 0) is 6.54 Å². The Hall–Kier alpha value is -3.33. The van der Waals surface area contributed by atoms with Crippen LogP contribution in [-0.4, -0.2) is 25.5 Å². The molecule has 0 spiro atoms. The van der Waals surface area contributed by atoms with Crippen LogP contribution in [0.15, 0.2) is 48.0 Å². The van der Waals surface area contributed by atoms with Crippen LogP contribution >= 0.6 is 11.3 Å². The van der Waals surface area contributed by atoms with Gasteiger partial charge in [0, 0.05) is 23.7 Å². The molecule has 3 heterocycles. The van der Waals surface area contributed by atoms with Crippen molar-refractivity contribution in [2.45, 2.75) is 6.54 Å². The highest BCUT2D eigenvalue weighted by Gasteiger charge is 2.14. The first-order valence-electron chi connectivity index (χ1n) is 7.69. The van der Waals surface area contributed by atoms with Crippen molar-refractivity contribution in [3.05, 3.63) is 64.9 Å². The van der Waals surface area contributed by atoms with Crippen molar-refractivity contribution in [2.24, 2.45) is 0 Å². The molecule has 3 N–H and O–H groups in total. The number of carbonyl (C=O) groups excluding carboxylic acids is 1. The van der Waals surface area contributed by atoms with E-state index in [1.54, 1.807) is 24.4 Å².